The standard InChI is InChI=1S/C21H21B2N9O2/c1-24-14-8-17-26-12-6-10(7-13-18(12)30-31(2)28-13)21(22,23)34-16-5-3-4-11(16)27-20(33)15-9-25-19(14)32(15)29-17/h6-9,11,16,24H,3-5H2,1-2H3,(H,26,29)(H,27,33)/t11-,16+/m1/s1. The molecule has 4 aromatic rings. The molecule has 1 amide bonds. The molecule has 0 unspecified atom stereocenters. The molecule has 4 radical (unpaired) electrons. The third kappa shape index (κ3) is 3.30. The van der Waals surface area contributed by atoms with Gasteiger partial charge in [-0.1, -0.05) is 0 Å². The molecule has 11 nitrogen and oxygen atoms in total. The van der Waals surface area contributed by atoms with Crippen LogP contribution >= 0.6 is 0 Å². The number of aromatic nitrogens is 6. The van der Waals surface area contributed by atoms with Gasteiger partial charge < -0.3 is 20.7 Å². The summed E-state index contributed by atoms with van der Waals surface area (Å²) in [5, 5.41) is 21.4. The van der Waals surface area contributed by atoms with E-state index in [1.807, 2.05) is 0 Å². The van der Waals surface area contributed by atoms with Crippen LogP contribution in [-0.2, 0) is 17.2 Å². The van der Waals surface area contributed by atoms with E-state index < -0.39 is 5.40 Å². The molecular formula is C21H21B2N9O2. The highest BCUT2D eigenvalue weighted by Crippen LogP contribution is 2.34. The number of amides is 1. The lowest BCUT2D eigenvalue weighted by Crippen LogP contribution is -2.46. The van der Waals surface area contributed by atoms with Crippen LogP contribution in [-0.4, -0.2) is 70.4 Å². The smallest absolute Gasteiger partial charge is 0.271 e. The van der Waals surface area contributed by atoms with Crippen LogP contribution in [0.15, 0.2) is 24.4 Å². The minimum Gasteiger partial charge on any atom is -0.385 e. The number of carbonyl (C=O) groups excluding carboxylic acids is 1. The second-order valence-electron chi connectivity index (χ2n) is 8.74. The summed E-state index contributed by atoms with van der Waals surface area (Å²) in [6, 6.07) is 5.11. The van der Waals surface area contributed by atoms with Gasteiger partial charge in [-0.2, -0.15) is 15.0 Å². The summed E-state index contributed by atoms with van der Waals surface area (Å²) in [7, 11) is 16.5. The Balaban J connectivity index is 1.60. The summed E-state index contributed by atoms with van der Waals surface area (Å²) in [5.41, 5.74) is 3.88. The quantitative estimate of drug-likeness (QED) is 0.364. The molecule has 1 fully saturated rings. The first-order valence-electron chi connectivity index (χ1n) is 11.1. The molecule has 4 heterocycles. The third-order valence-electron chi connectivity index (χ3n) is 6.39. The highest BCUT2D eigenvalue weighted by atomic mass is 16.5. The van der Waals surface area contributed by atoms with Crippen LogP contribution in [0.25, 0.3) is 16.7 Å². The van der Waals surface area contributed by atoms with Crippen molar-refractivity contribution in [1.82, 2.24) is 34.9 Å². The van der Waals surface area contributed by atoms with Gasteiger partial charge in [-0.15, -0.1) is 5.10 Å². The number of nitrogens with zero attached hydrogens (tertiary/aromatic N) is 6. The number of rotatable bonds is 1. The van der Waals surface area contributed by atoms with E-state index in [-0.39, 0.29) is 18.1 Å². The van der Waals surface area contributed by atoms with Gasteiger partial charge in [0.15, 0.2) is 17.2 Å². The molecule has 0 spiro atoms. The van der Waals surface area contributed by atoms with Crippen molar-refractivity contribution in [3.05, 3.63) is 35.7 Å². The maximum Gasteiger partial charge on any atom is 0.271 e. The topological polar surface area (TPSA) is 123 Å². The Morgan fingerprint density at radius 3 is 2.88 bits per heavy atom. The van der Waals surface area contributed by atoms with Gasteiger partial charge in [0.2, 0.25) is 0 Å². The molecule has 1 aliphatic carbocycles. The molecule has 1 saturated carbocycles. The fraction of sp³-hybridized carbons (Fsp3) is 0.381. The van der Waals surface area contributed by atoms with Crippen molar-refractivity contribution >= 4 is 55.5 Å². The summed E-state index contributed by atoms with van der Waals surface area (Å²) in [4.78, 5) is 19.1. The third-order valence-corrected chi connectivity index (χ3v) is 6.39. The maximum atomic E-state index is 13.2. The van der Waals surface area contributed by atoms with Crippen LogP contribution in [0.1, 0.15) is 35.3 Å². The van der Waals surface area contributed by atoms with Gasteiger partial charge in [0.1, 0.15) is 26.7 Å². The zero-order chi connectivity index (χ0) is 23.6. The molecular weight excluding hydrogens is 432 g/mol. The Kier molecular flexibility index (Phi) is 4.60. The largest absolute Gasteiger partial charge is 0.385 e. The fourth-order valence-corrected chi connectivity index (χ4v) is 4.74. The second kappa shape index (κ2) is 7.45. The summed E-state index contributed by atoms with van der Waals surface area (Å²) in [5.74, 6) is 0.163. The molecule has 1 aliphatic heterocycles. The number of ether oxygens (including phenoxy) is 1. The first-order chi connectivity index (χ1) is 16.3. The Bertz CT molecular complexity index is 1450. The van der Waals surface area contributed by atoms with Crippen molar-refractivity contribution < 1.29 is 9.53 Å². The van der Waals surface area contributed by atoms with Crippen molar-refractivity contribution in [3.8, 4) is 0 Å². The van der Waals surface area contributed by atoms with Crippen molar-refractivity contribution in [2.24, 2.45) is 7.05 Å². The fourth-order valence-electron chi connectivity index (χ4n) is 4.74. The number of fused-ring (bicyclic) bond motifs is 6. The average Bonchev–Trinajstić information content (AvgIpc) is 3.50. The molecule has 168 valence electrons. The highest BCUT2D eigenvalue weighted by Gasteiger charge is 2.36. The average molecular weight is 453 g/mol. The van der Waals surface area contributed by atoms with Gasteiger partial charge in [-0.25, -0.2) is 9.50 Å². The van der Waals surface area contributed by atoms with E-state index >= 15 is 0 Å². The van der Waals surface area contributed by atoms with E-state index in [0.717, 1.165) is 19.3 Å². The zero-order valence-electron chi connectivity index (χ0n) is 18.7. The normalized spacial score (nSPS) is 21.8. The maximum absolute atomic E-state index is 13.2. The van der Waals surface area contributed by atoms with Gasteiger partial charge in [0, 0.05) is 25.6 Å². The first kappa shape index (κ1) is 21.0. The van der Waals surface area contributed by atoms with Gasteiger partial charge in [-0.05, 0) is 37.0 Å². The second-order valence-corrected chi connectivity index (χ2v) is 8.74. The van der Waals surface area contributed by atoms with Gasteiger partial charge in [0.25, 0.3) is 5.91 Å². The number of benzene rings is 1. The molecule has 2 aliphatic rings. The number of carbonyl (C=O) groups is 1. The van der Waals surface area contributed by atoms with Crippen LogP contribution < -0.4 is 16.0 Å². The van der Waals surface area contributed by atoms with E-state index in [9.17, 15) is 4.79 Å². The molecule has 34 heavy (non-hydrogen) atoms. The van der Waals surface area contributed by atoms with E-state index in [1.54, 1.807) is 32.3 Å². The Labute approximate surface area is 197 Å². The van der Waals surface area contributed by atoms with Crippen LogP contribution in [0.2, 0.25) is 0 Å². The predicted molar refractivity (Wildman–Crippen MR) is 127 cm³/mol. The number of hydrogen-bond acceptors (Lipinski definition) is 8. The van der Waals surface area contributed by atoms with Gasteiger partial charge in [0.05, 0.1) is 29.7 Å². The number of aryl methyl sites for hydroxylation is 1. The Morgan fingerprint density at radius 2 is 2.06 bits per heavy atom. The van der Waals surface area contributed by atoms with Crippen LogP contribution in [0.4, 0.5) is 17.2 Å². The van der Waals surface area contributed by atoms with E-state index in [2.05, 4.69) is 36.2 Å². The summed E-state index contributed by atoms with van der Waals surface area (Å²) in [6.45, 7) is 0. The highest BCUT2D eigenvalue weighted by molar-refractivity contribution is 6.39. The van der Waals surface area contributed by atoms with E-state index in [1.165, 1.54) is 15.5 Å². The molecule has 3 aromatic heterocycles. The van der Waals surface area contributed by atoms with Crippen LogP contribution in [0, 0.1) is 0 Å². The number of nitrogens with one attached hydrogen (secondary N) is 3. The van der Waals surface area contributed by atoms with Gasteiger partial charge in [-0.3, -0.25) is 4.79 Å². The lowest BCUT2D eigenvalue weighted by Gasteiger charge is -2.34. The first-order valence-corrected chi connectivity index (χ1v) is 11.1. The molecule has 6 rings (SSSR count). The molecule has 2 atom stereocenters. The van der Waals surface area contributed by atoms with E-state index in [0.29, 0.717) is 45.1 Å². The SMILES string of the molecule is [B]C1([B])O[C@H]2CCC[C@H]2NC(=O)c2cnc3c(NC)cc(nn23)Nc2cc1cc1nn(C)nc21. The molecule has 3 N–H and O–H groups in total. The monoisotopic (exact) mass is 453 g/mol. The van der Waals surface area contributed by atoms with Crippen molar-refractivity contribution in [2.45, 2.75) is 36.8 Å². The minimum absolute atomic E-state index is 0.253. The molecule has 1 aromatic carbocycles. The summed E-state index contributed by atoms with van der Waals surface area (Å²) >= 11 is 0. The summed E-state index contributed by atoms with van der Waals surface area (Å²) < 4.78 is 7.72. The van der Waals surface area contributed by atoms with Crippen LogP contribution in [0.3, 0.4) is 0 Å². The van der Waals surface area contributed by atoms with Gasteiger partial charge >= 0.3 is 0 Å². The lowest BCUT2D eigenvalue weighted by atomic mass is 9.61. The van der Waals surface area contributed by atoms with Crippen molar-refractivity contribution in [1.29, 1.82) is 0 Å². The number of anilines is 3. The molecule has 0 saturated heterocycles. The van der Waals surface area contributed by atoms with E-state index in [4.69, 9.17) is 20.4 Å². The molecule has 4 bridgehead atoms. The lowest BCUT2D eigenvalue weighted by molar-refractivity contribution is -0.00593. The number of imidazole rings is 1. The zero-order valence-corrected chi connectivity index (χ0v) is 18.7. The number of hydrogen-bond donors (Lipinski definition) is 3. The molecule has 13 heteroatoms. The Morgan fingerprint density at radius 1 is 1.21 bits per heavy atom. The predicted octanol–water partition coefficient (Wildman–Crippen LogP) is 0.925. The summed E-state index contributed by atoms with van der Waals surface area (Å²) in [6.07, 6.45) is 3.50. The van der Waals surface area contributed by atoms with Crippen molar-refractivity contribution in [3.63, 3.8) is 0 Å². The van der Waals surface area contributed by atoms with Crippen molar-refractivity contribution in [2.75, 3.05) is 17.7 Å². The van der Waals surface area contributed by atoms with Crippen LogP contribution in [0.5, 0.6) is 0 Å². The minimum atomic E-state index is -1.61. The Hall–Kier alpha value is -3.60.